The maximum absolute atomic E-state index is 14.4. The summed E-state index contributed by atoms with van der Waals surface area (Å²) in [6.45, 7) is 1.66. The molecule has 10 heteroatoms. The van der Waals surface area contributed by atoms with Gasteiger partial charge in [-0.25, -0.2) is 9.37 Å². The number of anilines is 3. The first kappa shape index (κ1) is 21.7. The van der Waals surface area contributed by atoms with Crippen molar-refractivity contribution in [3.8, 4) is 0 Å². The largest absolute Gasteiger partial charge is 0.416 e. The summed E-state index contributed by atoms with van der Waals surface area (Å²) < 4.78 is 54.5. The zero-order valence-electron chi connectivity index (χ0n) is 18.0. The highest BCUT2D eigenvalue weighted by molar-refractivity contribution is 6.10. The molecule has 6 nitrogen and oxygen atoms in total. The molecular weight excluding hydrogens is 440 g/mol. The van der Waals surface area contributed by atoms with Gasteiger partial charge >= 0.3 is 6.18 Å². The Hall–Kier alpha value is -3.17. The van der Waals surface area contributed by atoms with E-state index in [4.69, 9.17) is 0 Å². The molecule has 33 heavy (non-hydrogen) atoms. The molecule has 3 heterocycles. The van der Waals surface area contributed by atoms with E-state index in [9.17, 15) is 27.2 Å². The van der Waals surface area contributed by atoms with Gasteiger partial charge in [0, 0.05) is 31.6 Å². The second kappa shape index (κ2) is 7.43. The number of rotatable bonds is 2. The van der Waals surface area contributed by atoms with Crippen molar-refractivity contribution in [1.29, 1.82) is 0 Å². The van der Waals surface area contributed by atoms with Crippen LogP contribution in [0.3, 0.4) is 0 Å². The van der Waals surface area contributed by atoms with E-state index in [0.29, 0.717) is 11.4 Å². The summed E-state index contributed by atoms with van der Waals surface area (Å²) in [6.07, 6.45) is -2.75. The van der Waals surface area contributed by atoms with Crippen LogP contribution in [0.15, 0.2) is 24.3 Å². The lowest BCUT2D eigenvalue weighted by molar-refractivity contribution is -0.137. The molecule has 1 saturated carbocycles. The standard InChI is InChI=1S/C23H22F4N4O2/c1-11-5-14(23(25,26)27)7-18(29-11)31-19(32)6-13-10-28-20-16(12-3-4-12)8-15(24)9-17(20)30(2)22(33)21(13)31/h5,7-9,12-13,21,28H,3-4,6,10H2,1-2H3/t13-,21+/m1/s1. The Morgan fingerprint density at radius 3 is 2.52 bits per heavy atom. The number of nitrogens with zero attached hydrogens (tertiary/aromatic N) is 3. The van der Waals surface area contributed by atoms with E-state index < -0.39 is 41.3 Å². The van der Waals surface area contributed by atoms with Crippen molar-refractivity contribution in [3.63, 3.8) is 0 Å². The topological polar surface area (TPSA) is 65.5 Å². The lowest BCUT2D eigenvalue weighted by Crippen LogP contribution is -2.51. The number of amides is 2. The van der Waals surface area contributed by atoms with Gasteiger partial charge in [0.2, 0.25) is 11.8 Å². The van der Waals surface area contributed by atoms with Crippen LogP contribution in [0, 0.1) is 18.7 Å². The summed E-state index contributed by atoms with van der Waals surface area (Å²) >= 11 is 0. The number of benzene rings is 1. The normalized spacial score (nSPS) is 23.1. The van der Waals surface area contributed by atoms with Crippen LogP contribution in [0.25, 0.3) is 0 Å². The molecule has 0 spiro atoms. The second-order valence-electron chi connectivity index (χ2n) is 8.97. The lowest BCUT2D eigenvalue weighted by Gasteiger charge is -2.35. The second-order valence-corrected chi connectivity index (χ2v) is 8.97. The highest BCUT2D eigenvalue weighted by Gasteiger charge is 2.48. The zero-order chi connectivity index (χ0) is 23.7. The minimum absolute atomic E-state index is 0.0104. The van der Waals surface area contributed by atoms with E-state index in [-0.39, 0.29) is 30.4 Å². The number of hydrogen-bond donors (Lipinski definition) is 1. The third kappa shape index (κ3) is 3.71. The molecule has 2 amide bonds. The number of carbonyl (C=O) groups is 2. The van der Waals surface area contributed by atoms with Gasteiger partial charge in [-0.05, 0) is 55.5 Å². The number of fused-ring (bicyclic) bond motifs is 2. The van der Waals surface area contributed by atoms with Crippen molar-refractivity contribution in [1.82, 2.24) is 4.98 Å². The smallest absolute Gasteiger partial charge is 0.383 e. The molecule has 2 atom stereocenters. The molecule has 1 aliphatic carbocycles. The van der Waals surface area contributed by atoms with Gasteiger partial charge in [0.05, 0.1) is 16.9 Å². The molecule has 0 unspecified atom stereocenters. The van der Waals surface area contributed by atoms with Crippen molar-refractivity contribution >= 4 is 29.0 Å². The van der Waals surface area contributed by atoms with Crippen molar-refractivity contribution in [2.24, 2.45) is 5.92 Å². The zero-order valence-corrected chi connectivity index (χ0v) is 18.0. The van der Waals surface area contributed by atoms with Crippen LogP contribution in [-0.4, -0.2) is 36.4 Å². The first-order valence-corrected chi connectivity index (χ1v) is 10.8. The van der Waals surface area contributed by atoms with Gasteiger partial charge in [-0.2, -0.15) is 13.2 Å². The third-order valence-corrected chi connectivity index (χ3v) is 6.56. The molecule has 0 bridgehead atoms. The van der Waals surface area contributed by atoms with Crippen LogP contribution in [0.4, 0.5) is 34.8 Å². The summed E-state index contributed by atoms with van der Waals surface area (Å²) in [7, 11) is 1.49. The van der Waals surface area contributed by atoms with E-state index >= 15 is 0 Å². The fraction of sp³-hybridized carbons (Fsp3) is 0.435. The maximum atomic E-state index is 14.4. The van der Waals surface area contributed by atoms with Crippen LogP contribution in [0.1, 0.15) is 42.0 Å². The highest BCUT2D eigenvalue weighted by Crippen LogP contribution is 2.48. The number of likely N-dealkylation sites (N-methyl/N-ethyl adjacent to an activating group) is 1. The average Bonchev–Trinajstić information content (AvgIpc) is 3.52. The number of hydrogen-bond acceptors (Lipinski definition) is 4. The minimum Gasteiger partial charge on any atom is -0.383 e. The SMILES string of the molecule is Cc1cc(C(F)(F)F)cc(N2C(=O)C[C@@H]3CNc4c(C5CC5)cc(F)cc4N(C)C(=O)[C@H]32)n1. The molecule has 3 aliphatic rings. The Labute approximate surface area is 187 Å². The van der Waals surface area contributed by atoms with Gasteiger partial charge in [0.15, 0.2) is 0 Å². The minimum atomic E-state index is -4.62. The fourth-order valence-electron chi connectivity index (χ4n) is 4.84. The number of alkyl halides is 3. The molecule has 2 aliphatic heterocycles. The van der Waals surface area contributed by atoms with E-state index in [0.717, 1.165) is 35.4 Å². The monoisotopic (exact) mass is 462 g/mol. The van der Waals surface area contributed by atoms with Crippen molar-refractivity contribution in [3.05, 3.63) is 46.9 Å². The summed E-state index contributed by atoms with van der Waals surface area (Å²) in [5.41, 5.74) is 0.981. The molecule has 174 valence electrons. The maximum Gasteiger partial charge on any atom is 0.416 e. The molecule has 2 fully saturated rings. The average molecular weight is 462 g/mol. The van der Waals surface area contributed by atoms with Gasteiger partial charge in [0.1, 0.15) is 17.7 Å². The van der Waals surface area contributed by atoms with Gasteiger partial charge in [-0.15, -0.1) is 0 Å². The lowest BCUT2D eigenvalue weighted by atomic mass is 9.95. The molecule has 0 radical (unpaired) electrons. The number of nitrogens with one attached hydrogen (secondary N) is 1. The van der Waals surface area contributed by atoms with E-state index in [2.05, 4.69) is 10.3 Å². The van der Waals surface area contributed by atoms with Crippen LogP contribution in [-0.2, 0) is 15.8 Å². The highest BCUT2D eigenvalue weighted by atomic mass is 19.4. The predicted octanol–water partition coefficient (Wildman–Crippen LogP) is 4.24. The molecule has 5 rings (SSSR count). The predicted molar refractivity (Wildman–Crippen MR) is 114 cm³/mol. The van der Waals surface area contributed by atoms with Gasteiger partial charge < -0.3 is 10.2 Å². The van der Waals surface area contributed by atoms with Gasteiger partial charge in [-0.1, -0.05) is 0 Å². The van der Waals surface area contributed by atoms with Crippen LogP contribution < -0.4 is 15.1 Å². The summed E-state index contributed by atoms with van der Waals surface area (Å²) in [5, 5.41) is 3.30. The van der Waals surface area contributed by atoms with Crippen LogP contribution >= 0.6 is 0 Å². The Kier molecular flexibility index (Phi) is 4.88. The van der Waals surface area contributed by atoms with Crippen molar-refractivity contribution in [2.45, 2.75) is 44.3 Å². The number of aryl methyl sites for hydroxylation is 1. The molecule has 1 saturated heterocycles. The third-order valence-electron chi connectivity index (χ3n) is 6.56. The Bertz CT molecular complexity index is 1160. The van der Waals surface area contributed by atoms with E-state index in [1.165, 1.54) is 31.0 Å². The number of aromatic nitrogens is 1. The molecule has 2 aromatic rings. The first-order valence-electron chi connectivity index (χ1n) is 10.8. The molecule has 1 aromatic carbocycles. The first-order chi connectivity index (χ1) is 15.5. The molecule has 1 N–H and O–H groups in total. The Morgan fingerprint density at radius 2 is 1.85 bits per heavy atom. The van der Waals surface area contributed by atoms with E-state index in [1.807, 2.05) is 0 Å². The van der Waals surface area contributed by atoms with Gasteiger partial charge in [-0.3, -0.25) is 14.5 Å². The Morgan fingerprint density at radius 1 is 1.12 bits per heavy atom. The number of pyridine rings is 1. The fourth-order valence-corrected chi connectivity index (χ4v) is 4.84. The van der Waals surface area contributed by atoms with Crippen molar-refractivity contribution < 1.29 is 27.2 Å². The van der Waals surface area contributed by atoms with E-state index in [1.54, 1.807) is 0 Å². The number of halogens is 4. The summed E-state index contributed by atoms with van der Waals surface area (Å²) in [6, 6.07) is 3.38. The molecular formula is C23H22F4N4O2. The molecule has 1 aromatic heterocycles. The quantitative estimate of drug-likeness (QED) is 0.679. The van der Waals surface area contributed by atoms with Crippen LogP contribution in [0.2, 0.25) is 0 Å². The van der Waals surface area contributed by atoms with Crippen molar-refractivity contribution in [2.75, 3.05) is 28.7 Å². The number of carbonyl (C=O) groups excluding carboxylic acids is 2. The summed E-state index contributed by atoms with van der Waals surface area (Å²) in [4.78, 5) is 33.0. The Balaban J connectivity index is 1.58. The summed E-state index contributed by atoms with van der Waals surface area (Å²) in [5.74, 6) is -1.89. The van der Waals surface area contributed by atoms with Gasteiger partial charge in [0.25, 0.3) is 0 Å². The van der Waals surface area contributed by atoms with Crippen LogP contribution in [0.5, 0.6) is 0 Å².